The Bertz CT molecular complexity index is 930. The summed E-state index contributed by atoms with van der Waals surface area (Å²) in [5.41, 5.74) is 1.95. The van der Waals surface area contributed by atoms with Gasteiger partial charge in [-0.15, -0.1) is 10.2 Å². The third-order valence-corrected chi connectivity index (χ3v) is 4.34. The minimum absolute atomic E-state index is 0.0652. The summed E-state index contributed by atoms with van der Waals surface area (Å²) < 4.78 is 24.0. The number of halogens is 1. The van der Waals surface area contributed by atoms with Crippen LogP contribution < -0.4 is 10.1 Å². The first-order chi connectivity index (χ1) is 12.5. The van der Waals surface area contributed by atoms with E-state index in [4.69, 9.17) is 9.15 Å². The largest absolute Gasteiger partial charge is 0.497 e. The van der Waals surface area contributed by atoms with Gasteiger partial charge in [-0.25, -0.2) is 4.39 Å². The van der Waals surface area contributed by atoms with Gasteiger partial charge in [-0.3, -0.25) is 4.79 Å². The van der Waals surface area contributed by atoms with Crippen LogP contribution in [0.25, 0.3) is 11.5 Å². The molecule has 0 radical (unpaired) electrons. The average Bonchev–Trinajstić information content (AvgIpc) is 3.12. The molecule has 3 aromatic rings. The Labute approximate surface area is 153 Å². The lowest BCUT2D eigenvalue weighted by Crippen LogP contribution is -2.15. The van der Waals surface area contributed by atoms with Crippen molar-refractivity contribution in [1.82, 2.24) is 10.2 Å². The third kappa shape index (κ3) is 4.40. The lowest BCUT2D eigenvalue weighted by atomic mass is 10.2. The molecule has 6 nitrogen and oxygen atoms in total. The number of nitrogens with zero attached hydrogens (tertiary/aromatic N) is 2. The predicted octanol–water partition coefficient (Wildman–Crippen LogP) is 3.92. The lowest BCUT2D eigenvalue weighted by molar-refractivity contribution is -0.113. The van der Waals surface area contributed by atoms with Crippen LogP contribution in [0.15, 0.2) is 52.1 Å². The van der Waals surface area contributed by atoms with Crippen LogP contribution in [0.4, 0.5) is 10.1 Å². The maximum atomic E-state index is 13.3. The van der Waals surface area contributed by atoms with E-state index in [2.05, 4.69) is 15.5 Å². The number of aromatic nitrogens is 2. The van der Waals surface area contributed by atoms with Gasteiger partial charge in [0.15, 0.2) is 0 Å². The molecule has 8 heteroatoms. The van der Waals surface area contributed by atoms with Crippen molar-refractivity contribution in [2.45, 2.75) is 12.1 Å². The normalized spacial score (nSPS) is 10.6. The van der Waals surface area contributed by atoms with Gasteiger partial charge in [0.2, 0.25) is 11.8 Å². The van der Waals surface area contributed by atoms with Crippen molar-refractivity contribution in [3.63, 3.8) is 0 Å². The summed E-state index contributed by atoms with van der Waals surface area (Å²) in [5, 5.41) is 10.8. The fourth-order valence-electron chi connectivity index (χ4n) is 2.18. The minimum Gasteiger partial charge on any atom is -0.497 e. The molecule has 1 aromatic heterocycles. The number of nitrogens with one attached hydrogen (secondary N) is 1. The average molecular weight is 373 g/mol. The highest BCUT2D eigenvalue weighted by Gasteiger charge is 2.12. The summed E-state index contributed by atoms with van der Waals surface area (Å²) in [7, 11) is 1.58. The molecule has 0 bridgehead atoms. The molecule has 0 aliphatic heterocycles. The first-order valence-corrected chi connectivity index (χ1v) is 8.70. The highest BCUT2D eigenvalue weighted by atomic mass is 32.2. The van der Waals surface area contributed by atoms with Crippen molar-refractivity contribution in [3.05, 3.63) is 53.8 Å². The van der Waals surface area contributed by atoms with Gasteiger partial charge >= 0.3 is 0 Å². The zero-order chi connectivity index (χ0) is 18.5. The zero-order valence-electron chi connectivity index (χ0n) is 14.2. The number of anilines is 1. The number of aryl methyl sites for hydroxylation is 1. The summed E-state index contributed by atoms with van der Waals surface area (Å²) >= 11 is 1.11. The number of carbonyl (C=O) groups is 1. The Morgan fingerprint density at radius 1 is 1.27 bits per heavy atom. The number of amides is 1. The molecule has 0 spiro atoms. The monoisotopic (exact) mass is 373 g/mol. The molecule has 1 heterocycles. The Balaban J connectivity index is 1.61. The molecule has 0 fully saturated rings. The second-order valence-electron chi connectivity index (χ2n) is 5.40. The van der Waals surface area contributed by atoms with Crippen LogP contribution in [0.3, 0.4) is 0 Å². The Morgan fingerprint density at radius 3 is 2.92 bits per heavy atom. The number of methoxy groups -OCH3 is 1. The van der Waals surface area contributed by atoms with Crippen LogP contribution in [0.1, 0.15) is 5.56 Å². The second kappa shape index (κ2) is 8.01. The van der Waals surface area contributed by atoms with Crippen molar-refractivity contribution in [2.75, 3.05) is 18.2 Å². The number of rotatable bonds is 6. The van der Waals surface area contributed by atoms with E-state index in [9.17, 15) is 9.18 Å². The molecule has 1 N–H and O–H groups in total. The molecule has 134 valence electrons. The molecule has 26 heavy (non-hydrogen) atoms. The van der Waals surface area contributed by atoms with E-state index in [0.29, 0.717) is 17.3 Å². The number of benzene rings is 2. The minimum atomic E-state index is -0.404. The summed E-state index contributed by atoms with van der Waals surface area (Å²) in [6.45, 7) is 1.79. The van der Waals surface area contributed by atoms with Crippen LogP contribution >= 0.6 is 11.8 Å². The molecular formula is C18H16FN3O3S. The molecule has 0 aliphatic rings. The van der Waals surface area contributed by atoms with Gasteiger partial charge in [0, 0.05) is 11.3 Å². The number of thioether (sulfide) groups is 1. The van der Waals surface area contributed by atoms with Crippen molar-refractivity contribution in [2.24, 2.45) is 0 Å². The maximum absolute atomic E-state index is 13.3. The molecule has 0 aliphatic carbocycles. The number of carbonyl (C=O) groups excluding carboxylic acids is 1. The highest BCUT2D eigenvalue weighted by molar-refractivity contribution is 7.99. The van der Waals surface area contributed by atoms with E-state index in [1.807, 2.05) is 18.2 Å². The van der Waals surface area contributed by atoms with Gasteiger partial charge in [0.1, 0.15) is 11.6 Å². The van der Waals surface area contributed by atoms with Crippen molar-refractivity contribution >= 4 is 23.4 Å². The maximum Gasteiger partial charge on any atom is 0.277 e. The molecule has 0 saturated carbocycles. The van der Waals surface area contributed by atoms with Gasteiger partial charge in [-0.2, -0.15) is 0 Å². The fraction of sp³-hybridized carbons (Fsp3) is 0.167. The van der Waals surface area contributed by atoms with E-state index >= 15 is 0 Å². The SMILES string of the molecule is COc1cccc(-c2nnc(SCC(=O)Nc3cc(F)ccc3C)o2)c1. The number of hydrogen-bond donors (Lipinski definition) is 1. The summed E-state index contributed by atoms with van der Waals surface area (Å²) in [4.78, 5) is 12.0. The van der Waals surface area contributed by atoms with Gasteiger partial charge in [0.25, 0.3) is 5.22 Å². The molecule has 1 amide bonds. The topological polar surface area (TPSA) is 77.2 Å². The summed E-state index contributed by atoms with van der Waals surface area (Å²) in [5.74, 6) is 0.395. The van der Waals surface area contributed by atoms with Crippen LogP contribution in [0, 0.1) is 12.7 Å². The van der Waals surface area contributed by atoms with Crippen molar-refractivity contribution in [3.8, 4) is 17.2 Å². The van der Waals surface area contributed by atoms with E-state index in [1.54, 1.807) is 26.2 Å². The Morgan fingerprint density at radius 2 is 2.12 bits per heavy atom. The molecule has 0 atom stereocenters. The number of ether oxygens (including phenoxy) is 1. The van der Waals surface area contributed by atoms with Gasteiger partial charge in [-0.05, 0) is 42.8 Å². The first-order valence-electron chi connectivity index (χ1n) is 7.72. The Hall–Kier alpha value is -2.87. The molecule has 2 aromatic carbocycles. The zero-order valence-corrected chi connectivity index (χ0v) is 15.0. The first kappa shape index (κ1) is 17.9. The standard InChI is InChI=1S/C18H16FN3O3S/c1-11-6-7-13(19)9-15(11)20-16(23)10-26-18-22-21-17(25-18)12-4-3-5-14(8-12)24-2/h3-9H,10H2,1-2H3,(H,20,23). The van der Waals surface area contributed by atoms with Crippen LogP contribution in [-0.4, -0.2) is 29.0 Å². The van der Waals surface area contributed by atoms with Crippen LogP contribution in [0.2, 0.25) is 0 Å². The summed E-state index contributed by atoms with van der Waals surface area (Å²) in [6, 6.07) is 11.5. The van der Waals surface area contributed by atoms with E-state index in [1.165, 1.54) is 12.1 Å². The van der Waals surface area contributed by atoms with Crippen LogP contribution in [-0.2, 0) is 4.79 Å². The van der Waals surface area contributed by atoms with Crippen molar-refractivity contribution < 1.29 is 18.3 Å². The van der Waals surface area contributed by atoms with E-state index in [0.717, 1.165) is 22.9 Å². The van der Waals surface area contributed by atoms with Crippen molar-refractivity contribution in [1.29, 1.82) is 0 Å². The lowest BCUT2D eigenvalue weighted by Gasteiger charge is -2.07. The van der Waals surface area contributed by atoms with Gasteiger partial charge < -0.3 is 14.5 Å². The van der Waals surface area contributed by atoms with E-state index < -0.39 is 5.82 Å². The third-order valence-electron chi connectivity index (χ3n) is 3.52. The quantitative estimate of drug-likeness (QED) is 0.660. The van der Waals surface area contributed by atoms with E-state index in [-0.39, 0.29) is 16.9 Å². The second-order valence-corrected chi connectivity index (χ2v) is 6.33. The smallest absolute Gasteiger partial charge is 0.277 e. The highest BCUT2D eigenvalue weighted by Crippen LogP contribution is 2.26. The Kier molecular flexibility index (Phi) is 5.52. The molecule has 3 rings (SSSR count). The molecule has 0 unspecified atom stereocenters. The van der Waals surface area contributed by atoms with Gasteiger partial charge in [0.05, 0.1) is 12.9 Å². The van der Waals surface area contributed by atoms with Gasteiger partial charge in [-0.1, -0.05) is 23.9 Å². The number of hydrogen-bond acceptors (Lipinski definition) is 6. The predicted molar refractivity (Wildman–Crippen MR) is 96.8 cm³/mol. The fourth-order valence-corrected chi connectivity index (χ4v) is 2.75. The molecular weight excluding hydrogens is 357 g/mol. The summed E-state index contributed by atoms with van der Waals surface area (Å²) in [6.07, 6.45) is 0. The molecule has 0 saturated heterocycles. The van der Waals surface area contributed by atoms with Crippen LogP contribution in [0.5, 0.6) is 5.75 Å².